The highest BCUT2D eigenvalue weighted by atomic mass is 28.4. The SMILES string of the molecule is C#CC(C)(OC(C)=O)C(C)(C)CO[Si](c1ccccc1)(c1ccccc1)C(C)(C)C. The monoisotopic (exact) mass is 422 g/mol. The van der Waals surface area contributed by atoms with Crippen LogP contribution in [0.4, 0.5) is 0 Å². The molecule has 0 fully saturated rings. The van der Waals surface area contributed by atoms with Crippen molar-refractivity contribution in [1.82, 2.24) is 0 Å². The molecule has 0 aromatic heterocycles. The highest BCUT2D eigenvalue weighted by molar-refractivity contribution is 6.99. The van der Waals surface area contributed by atoms with Crippen molar-refractivity contribution in [1.29, 1.82) is 0 Å². The topological polar surface area (TPSA) is 35.5 Å². The van der Waals surface area contributed by atoms with Crippen LogP contribution in [-0.2, 0) is 14.0 Å². The molecule has 0 heterocycles. The summed E-state index contributed by atoms with van der Waals surface area (Å²) in [4.78, 5) is 11.7. The van der Waals surface area contributed by atoms with E-state index in [1.54, 1.807) is 6.92 Å². The number of hydrogen-bond acceptors (Lipinski definition) is 3. The summed E-state index contributed by atoms with van der Waals surface area (Å²) in [5.41, 5.74) is -1.68. The van der Waals surface area contributed by atoms with E-state index in [0.717, 1.165) is 0 Å². The molecule has 30 heavy (non-hydrogen) atoms. The summed E-state index contributed by atoms with van der Waals surface area (Å²) in [6.45, 7) is 14.2. The van der Waals surface area contributed by atoms with E-state index in [-0.39, 0.29) is 5.04 Å². The molecule has 0 N–H and O–H groups in total. The summed E-state index contributed by atoms with van der Waals surface area (Å²) in [6.07, 6.45) is 5.82. The molecule has 2 rings (SSSR count). The van der Waals surface area contributed by atoms with Crippen molar-refractivity contribution in [3.63, 3.8) is 0 Å². The third-order valence-corrected chi connectivity index (χ3v) is 11.0. The molecule has 3 nitrogen and oxygen atoms in total. The molecule has 0 bridgehead atoms. The van der Waals surface area contributed by atoms with Gasteiger partial charge in [0.2, 0.25) is 0 Å². The van der Waals surface area contributed by atoms with E-state index in [1.165, 1.54) is 17.3 Å². The lowest BCUT2D eigenvalue weighted by atomic mass is 9.77. The first-order chi connectivity index (χ1) is 13.9. The summed E-state index contributed by atoms with van der Waals surface area (Å²) in [5.74, 6) is 2.30. The van der Waals surface area contributed by atoms with Crippen molar-refractivity contribution < 1.29 is 14.0 Å². The van der Waals surface area contributed by atoms with Crippen LogP contribution in [0.15, 0.2) is 60.7 Å². The van der Waals surface area contributed by atoms with Crippen LogP contribution < -0.4 is 10.4 Å². The van der Waals surface area contributed by atoms with Crippen LogP contribution in [0.2, 0.25) is 5.04 Å². The zero-order chi connectivity index (χ0) is 22.6. The molecule has 0 saturated heterocycles. The van der Waals surface area contributed by atoms with Crippen LogP contribution in [0.25, 0.3) is 0 Å². The van der Waals surface area contributed by atoms with Gasteiger partial charge in [-0.3, -0.25) is 4.79 Å². The molecule has 160 valence electrons. The Kier molecular flexibility index (Phi) is 7.01. The molecular formula is C26H34O3Si. The van der Waals surface area contributed by atoms with E-state index < -0.39 is 25.3 Å². The zero-order valence-electron chi connectivity index (χ0n) is 19.3. The van der Waals surface area contributed by atoms with Gasteiger partial charge in [0.1, 0.15) is 0 Å². The summed E-state index contributed by atoms with van der Waals surface area (Å²) in [5, 5.41) is 2.27. The quantitative estimate of drug-likeness (QED) is 0.373. The van der Waals surface area contributed by atoms with Crippen LogP contribution >= 0.6 is 0 Å². The number of hydrogen-bond donors (Lipinski definition) is 0. The minimum Gasteiger partial charge on any atom is -0.446 e. The first-order valence-corrected chi connectivity index (χ1v) is 12.2. The molecule has 1 atom stereocenters. The number of esters is 1. The van der Waals surface area contributed by atoms with E-state index in [1.807, 2.05) is 26.0 Å². The first kappa shape index (κ1) is 23.9. The van der Waals surface area contributed by atoms with Crippen LogP contribution in [0.3, 0.4) is 0 Å². The minimum absolute atomic E-state index is 0.139. The summed E-state index contributed by atoms with van der Waals surface area (Å²) in [7, 11) is -2.70. The smallest absolute Gasteiger partial charge is 0.304 e. The zero-order valence-corrected chi connectivity index (χ0v) is 20.3. The molecule has 0 radical (unpaired) electrons. The summed E-state index contributed by atoms with van der Waals surface area (Å²) >= 11 is 0. The van der Waals surface area contributed by atoms with Gasteiger partial charge in [0.15, 0.2) is 5.60 Å². The van der Waals surface area contributed by atoms with Gasteiger partial charge in [0.05, 0.1) is 0 Å². The van der Waals surface area contributed by atoms with Gasteiger partial charge in [-0.05, 0) is 22.3 Å². The maximum absolute atomic E-state index is 11.7. The van der Waals surface area contributed by atoms with Gasteiger partial charge in [0, 0.05) is 18.9 Å². The number of benzene rings is 2. The van der Waals surface area contributed by atoms with Gasteiger partial charge in [-0.25, -0.2) is 0 Å². The lowest BCUT2D eigenvalue weighted by Gasteiger charge is -2.47. The van der Waals surface area contributed by atoms with Crippen LogP contribution in [0.1, 0.15) is 48.5 Å². The van der Waals surface area contributed by atoms with Gasteiger partial charge < -0.3 is 9.16 Å². The van der Waals surface area contributed by atoms with E-state index in [0.29, 0.717) is 6.61 Å². The molecule has 2 aromatic rings. The Morgan fingerprint density at radius 3 is 1.67 bits per heavy atom. The normalized spacial score (nSPS) is 14.5. The second-order valence-corrected chi connectivity index (χ2v) is 13.9. The Bertz CT molecular complexity index is 852. The van der Waals surface area contributed by atoms with Gasteiger partial charge >= 0.3 is 5.97 Å². The standard InChI is InChI=1S/C26H34O3Si/c1-9-26(8,29-21(2)27)25(6,7)20-28-30(24(3,4)5,22-16-12-10-13-17-22)23-18-14-11-15-19-23/h1,10-19H,20H2,2-8H3. The maximum Gasteiger partial charge on any atom is 0.304 e. The summed E-state index contributed by atoms with van der Waals surface area (Å²) in [6, 6.07) is 20.9. The average molecular weight is 423 g/mol. The fourth-order valence-corrected chi connectivity index (χ4v) is 8.57. The van der Waals surface area contributed by atoms with Gasteiger partial charge in [-0.2, -0.15) is 0 Å². The Hall–Kier alpha value is -2.35. The molecule has 0 amide bonds. The Labute approximate surface area is 182 Å². The molecule has 0 aliphatic carbocycles. The van der Waals surface area contributed by atoms with Crippen molar-refractivity contribution >= 4 is 24.7 Å². The predicted molar refractivity (Wildman–Crippen MR) is 126 cm³/mol. The van der Waals surface area contributed by atoms with E-state index in [4.69, 9.17) is 15.6 Å². The fourth-order valence-electron chi connectivity index (χ4n) is 3.84. The van der Waals surface area contributed by atoms with Crippen molar-refractivity contribution in [2.24, 2.45) is 5.41 Å². The van der Waals surface area contributed by atoms with Crippen LogP contribution in [0, 0.1) is 17.8 Å². The maximum atomic E-state index is 11.7. The van der Waals surface area contributed by atoms with Crippen molar-refractivity contribution in [2.45, 2.75) is 59.1 Å². The van der Waals surface area contributed by atoms with Crippen molar-refractivity contribution in [3.05, 3.63) is 60.7 Å². The molecular weight excluding hydrogens is 388 g/mol. The largest absolute Gasteiger partial charge is 0.446 e. The summed E-state index contributed by atoms with van der Waals surface area (Å²) < 4.78 is 12.6. The number of carbonyl (C=O) groups excluding carboxylic acids is 1. The predicted octanol–water partition coefficient (Wildman–Crippen LogP) is 4.54. The lowest BCUT2D eigenvalue weighted by molar-refractivity contribution is -0.161. The first-order valence-electron chi connectivity index (χ1n) is 10.3. The number of ether oxygens (including phenoxy) is 1. The lowest BCUT2D eigenvalue weighted by Crippen LogP contribution is -2.67. The molecule has 2 aromatic carbocycles. The highest BCUT2D eigenvalue weighted by Crippen LogP contribution is 2.40. The number of rotatable bonds is 7. The fraction of sp³-hybridized carbons (Fsp3) is 0.423. The third kappa shape index (κ3) is 4.53. The van der Waals surface area contributed by atoms with Gasteiger partial charge in [0.25, 0.3) is 8.32 Å². The highest BCUT2D eigenvalue weighted by Gasteiger charge is 2.52. The Morgan fingerprint density at radius 1 is 0.900 bits per heavy atom. The molecule has 0 aliphatic heterocycles. The Balaban J connectivity index is 2.60. The molecule has 0 aliphatic rings. The third-order valence-electron chi connectivity index (χ3n) is 5.98. The van der Waals surface area contributed by atoms with Crippen LogP contribution in [-0.4, -0.2) is 26.5 Å². The molecule has 1 unspecified atom stereocenters. The van der Waals surface area contributed by atoms with Gasteiger partial charge in [-0.1, -0.05) is 101 Å². The number of carbonyl (C=O) groups is 1. The molecule has 4 heteroatoms. The van der Waals surface area contributed by atoms with E-state index >= 15 is 0 Å². The Morgan fingerprint density at radius 2 is 1.33 bits per heavy atom. The molecule has 0 saturated carbocycles. The van der Waals surface area contributed by atoms with Gasteiger partial charge in [-0.15, -0.1) is 6.42 Å². The van der Waals surface area contributed by atoms with E-state index in [2.05, 4.69) is 75.2 Å². The van der Waals surface area contributed by atoms with Crippen LogP contribution in [0.5, 0.6) is 0 Å². The minimum atomic E-state index is -2.70. The van der Waals surface area contributed by atoms with E-state index in [9.17, 15) is 4.79 Å². The molecule has 0 spiro atoms. The number of terminal acetylenes is 1. The van der Waals surface area contributed by atoms with Crippen molar-refractivity contribution in [2.75, 3.05) is 6.61 Å². The second kappa shape index (κ2) is 8.79. The van der Waals surface area contributed by atoms with Crippen molar-refractivity contribution in [3.8, 4) is 12.3 Å². The average Bonchev–Trinajstić information content (AvgIpc) is 2.68. The second-order valence-electron chi connectivity index (χ2n) is 9.61.